The highest BCUT2D eigenvalue weighted by molar-refractivity contribution is 6.40. The summed E-state index contributed by atoms with van der Waals surface area (Å²) in [7, 11) is 0. The SMILES string of the molecule is Cl.N#Cc1nc2c(NC(=O)c3c(Cl)cccc3Cl)cccc2n1CC(=O)NCc1ccccn1. The molecule has 0 aliphatic rings. The maximum absolute atomic E-state index is 12.8. The van der Waals surface area contributed by atoms with Crippen LogP contribution in [0.3, 0.4) is 0 Å². The van der Waals surface area contributed by atoms with Crippen molar-refractivity contribution in [3.05, 3.63) is 87.9 Å². The zero-order valence-electron chi connectivity index (χ0n) is 17.5. The largest absolute Gasteiger partial charge is 0.349 e. The molecule has 34 heavy (non-hydrogen) atoms. The molecule has 0 saturated heterocycles. The number of anilines is 1. The quantitative estimate of drug-likeness (QED) is 0.390. The smallest absolute Gasteiger partial charge is 0.258 e. The highest BCUT2D eigenvalue weighted by Gasteiger charge is 2.19. The molecule has 0 atom stereocenters. The normalized spacial score (nSPS) is 10.3. The number of halogens is 3. The second-order valence-electron chi connectivity index (χ2n) is 6.96. The van der Waals surface area contributed by atoms with Crippen molar-refractivity contribution in [1.29, 1.82) is 5.26 Å². The van der Waals surface area contributed by atoms with Crippen LogP contribution >= 0.6 is 35.6 Å². The van der Waals surface area contributed by atoms with Gasteiger partial charge in [-0.3, -0.25) is 14.6 Å². The van der Waals surface area contributed by atoms with Gasteiger partial charge < -0.3 is 15.2 Å². The lowest BCUT2D eigenvalue weighted by Crippen LogP contribution is -2.27. The number of nitrogens with one attached hydrogen (secondary N) is 2. The lowest BCUT2D eigenvalue weighted by atomic mass is 10.2. The Morgan fingerprint density at radius 3 is 2.44 bits per heavy atom. The van der Waals surface area contributed by atoms with Gasteiger partial charge in [-0.05, 0) is 36.4 Å². The minimum absolute atomic E-state index is 0. The molecule has 0 unspecified atom stereocenters. The molecule has 4 aromatic rings. The van der Waals surface area contributed by atoms with Crippen LogP contribution in [0.5, 0.6) is 0 Å². The summed E-state index contributed by atoms with van der Waals surface area (Å²) in [6.07, 6.45) is 1.64. The Morgan fingerprint density at radius 2 is 1.76 bits per heavy atom. The van der Waals surface area contributed by atoms with Gasteiger partial charge in [0.15, 0.2) is 0 Å². The van der Waals surface area contributed by atoms with Gasteiger partial charge in [-0.2, -0.15) is 5.26 Å². The molecule has 11 heteroatoms. The van der Waals surface area contributed by atoms with Crippen LogP contribution in [0.4, 0.5) is 5.69 Å². The van der Waals surface area contributed by atoms with E-state index >= 15 is 0 Å². The number of nitrogens with zero attached hydrogens (tertiary/aromatic N) is 4. The highest BCUT2D eigenvalue weighted by atomic mass is 35.5. The first-order valence-corrected chi connectivity index (χ1v) is 10.5. The van der Waals surface area contributed by atoms with Gasteiger partial charge in [0.2, 0.25) is 11.7 Å². The maximum Gasteiger partial charge on any atom is 0.258 e. The summed E-state index contributed by atoms with van der Waals surface area (Å²) in [5, 5.41) is 15.5. The van der Waals surface area contributed by atoms with E-state index in [1.165, 1.54) is 4.57 Å². The molecule has 2 N–H and O–H groups in total. The molecule has 0 spiro atoms. The number of imidazole rings is 1. The van der Waals surface area contributed by atoms with Crippen molar-refractivity contribution in [3.8, 4) is 6.07 Å². The Morgan fingerprint density at radius 1 is 1.03 bits per heavy atom. The molecular formula is C23H17Cl3N6O2. The number of rotatable bonds is 6. The van der Waals surface area contributed by atoms with Gasteiger partial charge in [0, 0.05) is 6.20 Å². The molecule has 0 radical (unpaired) electrons. The molecule has 2 heterocycles. The molecule has 2 aromatic heterocycles. The number of amides is 2. The van der Waals surface area contributed by atoms with Crippen molar-refractivity contribution in [2.24, 2.45) is 0 Å². The molecule has 0 aliphatic heterocycles. The number of pyridine rings is 1. The van der Waals surface area contributed by atoms with Gasteiger partial charge in [0.05, 0.1) is 39.1 Å². The summed E-state index contributed by atoms with van der Waals surface area (Å²) in [5.41, 5.74) is 2.08. The van der Waals surface area contributed by atoms with Gasteiger partial charge in [-0.15, -0.1) is 12.4 Å². The fourth-order valence-corrected chi connectivity index (χ4v) is 3.85. The third-order valence-electron chi connectivity index (χ3n) is 4.81. The molecule has 0 bridgehead atoms. The topological polar surface area (TPSA) is 113 Å². The van der Waals surface area contributed by atoms with Crippen LogP contribution < -0.4 is 10.6 Å². The van der Waals surface area contributed by atoms with Gasteiger partial charge >= 0.3 is 0 Å². The van der Waals surface area contributed by atoms with Crippen LogP contribution in [0.25, 0.3) is 11.0 Å². The van der Waals surface area contributed by atoms with Crippen molar-refractivity contribution in [1.82, 2.24) is 19.9 Å². The molecule has 0 aliphatic carbocycles. The van der Waals surface area contributed by atoms with Crippen LogP contribution in [-0.2, 0) is 17.9 Å². The molecule has 2 aromatic carbocycles. The average Bonchev–Trinajstić information content (AvgIpc) is 3.17. The zero-order valence-corrected chi connectivity index (χ0v) is 19.8. The Kier molecular flexibility index (Phi) is 8.08. The fourth-order valence-electron chi connectivity index (χ4n) is 3.28. The fraction of sp³-hybridized carbons (Fsp3) is 0.0870. The van der Waals surface area contributed by atoms with E-state index in [0.717, 1.165) is 0 Å². The number of nitriles is 1. The summed E-state index contributed by atoms with van der Waals surface area (Å²) in [4.78, 5) is 33.8. The van der Waals surface area contributed by atoms with Gasteiger partial charge in [-0.1, -0.05) is 41.4 Å². The summed E-state index contributed by atoms with van der Waals surface area (Å²) >= 11 is 12.3. The van der Waals surface area contributed by atoms with Crippen LogP contribution in [-0.4, -0.2) is 26.3 Å². The highest BCUT2D eigenvalue weighted by Crippen LogP contribution is 2.28. The molecular weight excluding hydrogens is 499 g/mol. The number of fused-ring (bicyclic) bond motifs is 1. The summed E-state index contributed by atoms with van der Waals surface area (Å²) in [5.74, 6) is -0.788. The van der Waals surface area contributed by atoms with Crippen molar-refractivity contribution in [2.45, 2.75) is 13.1 Å². The number of aromatic nitrogens is 3. The molecule has 2 amide bonds. The number of hydrogen-bond donors (Lipinski definition) is 2. The second kappa shape index (κ2) is 11.0. The molecule has 172 valence electrons. The summed E-state index contributed by atoms with van der Waals surface area (Å²) < 4.78 is 1.49. The Balaban J connectivity index is 0.00000324. The second-order valence-corrected chi connectivity index (χ2v) is 7.77. The van der Waals surface area contributed by atoms with Crippen LogP contribution in [0.15, 0.2) is 60.8 Å². The summed E-state index contributed by atoms with van der Waals surface area (Å²) in [6.45, 7) is 0.133. The number of carbonyl (C=O) groups is 2. The van der Waals surface area contributed by atoms with Crippen LogP contribution in [0.1, 0.15) is 21.9 Å². The summed E-state index contributed by atoms with van der Waals surface area (Å²) in [6, 6.07) is 17.2. The van der Waals surface area contributed by atoms with E-state index in [0.29, 0.717) is 22.4 Å². The minimum Gasteiger partial charge on any atom is -0.349 e. The van der Waals surface area contributed by atoms with E-state index in [1.54, 1.807) is 54.7 Å². The van der Waals surface area contributed by atoms with Crippen molar-refractivity contribution >= 4 is 64.1 Å². The van der Waals surface area contributed by atoms with Gasteiger partial charge in [0.25, 0.3) is 5.91 Å². The van der Waals surface area contributed by atoms with E-state index in [2.05, 4.69) is 20.6 Å². The molecule has 0 fully saturated rings. The van der Waals surface area contributed by atoms with E-state index < -0.39 is 5.91 Å². The van der Waals surface area contributed by atoms with E-state index in [4.69, 9.17) is 23.2 Å². The molecule has 4 rings (SSSR count). The molecule has 8 nitrogen and oxygen atoms in total. The Labute approximate surface area is 210 Å². The lowest BCUT2D eigenvalue weighted by molar-refractivity contribution is -0.121. The lowest BCUT2D eigenvalue weighted by Gasteiger charge is -2.10. The first-order valence-electron chi connectivity index (χ1n) is 9.79. The van der Waals surface area contributed by atoms with E-state index in [9.17, 15) is 14.9 Å². The van der Waals surface area contributed by atoms with E-state index in [1.807, 2.05) is 12.1 Å². The third-order valence-corrected chi connectivity index (χ3v) is 5.44. The van der Waals surface area contributed by atoms with Crippen molar-refractivity contribution in [2.75, 3.05) is 5.32 Å². The number of hydrogen-bond acceptors (Lipinski definition) is 5. The van der Waals surface area contributed by atoms with Crippen molar-refractivity contribution < 1.29 is 9.59 Å². The number of carbonyl (C=O) groups excluding carboxylic acids is 2. The Hall–Kier alpha value is -3.64. The number of benzene rings is 2. The maximum atomic E-state index is 12.8. The van der Waals surface area contributed by atoms with E-state index in [-0.39, 0.29) is 52.8 Å². The standard InChI is InChI=1S/C23H16Cl2N6O2.ClH/c24-15-6-3-7-16(25)21(15)23(33)29-17-8-4-9-18-22(17)30-19(11-26)31(18)13-20(32)28-12-14-5-1-2-10-27-14;/h1-10H,12-13H2,(H,28,32)(H,29,33);1H. The van der Waals surface area contributed by atoms with Gasteiger partial charge in [0.1, 0.15) is 18.1 Å². The third kappa shape index (κ3) is 5.29. The predicted molar refractivity (Wildman–Crippen MR) is 132 cm³/mol. The Bertz CT molecular complexity index is 1380. The predicted octanol–water partition coefficient (Wildman–Crippen LogP) is 4.60. The van der Waals surface area contributed by atoms with Crippen molar-refractivity contribution in [3.63, 3.8) is 0 Å². The first kappa shape index (κ1) is 25.0. The zero-order chi connectivity index (χ0) is 23.4. The minimum atomic E-state index is -0.515. The monoisotopic (exact) mass is 514 g/mol. The molecule has 0 saturated carbocycles. The van der Waals surface area contributed by atoms with Crippen LogP contribution in [0.2, 0.25) is 10.0 Å². The average molecular weight is 516 g/mol. The van der Waals surface area contributed by atoms with Crippen LogP contribution in [0, 0.1) is 11.3 Å². The first-order chi connectivity index (χ1) is 16.0. The number of para-hydroxylation sites is 1. The van der Waals surface area contributed by atoms with Gasteiger partial charge in [-0.25, -0.2) is 4.98 Å².